The summed E-state index contributed by atoms with van der Waals surface area (Å²) < 4.78 is 6.19. The average Bonchev–Trinajstić information content (AvgIpc) is 3.19. The summed E-state index contributed by atoms with van der Waals surface area (Å²) in [5.74, 6) is 0.612. The first-order valence-electron chi connectivity index (χ1n) is 10.1. The number of rotatable bonds is 8. The Morgan fingerprint density at radius 3 is 2.70 bits per heavy atom. The Morgan fingerprint density at radius 1 is 1.26 bits per heavy atom. The van der Waals surface area contributed by atoms with E-state index in [1.54, 1.807) is 18.3 Å². The smallest absolute Gasteiger partial charge is 0.254 e. The van der Waals surface area contributed by atoms with Gasteiger partial charge in [-0.05, 0) is 51.9 Å². The quantitative estimate of drug-likeness (QED) is 0.655. The molecule has 2 aliphatic rings. The Kier molecular flexibility index (Phi) is 7.24. The van der Waals surface area contributed by atoms with Crippen LogP contribution in [0.2, 0.25) is 0 Å². The first-order chi connectivity index (χ1) is 13.2. The largest absolute Gasteiger partial charge is 0.473 e. The maximum atomic E-state index is 12.8. The predicted molar refractivity (Wildman–Crippen MR) is 107 cm³/mol. The highest BCUT2D eigenvalue weighted by atomic mass is 16.5. The van der Waals surface area contributed by atoms with Crippen LogP contribution in [0.5, 0.6) is 5.88 Å². The maximum absolute atomic E-state index is 12.8. The molecule has 3 heterocycles. The number of likely N-dealkylation sites (N-methyl/N-ethyl adjacent to an activating group) is 1. The molecule has 0 aliphatic carbocycles. The number of pyridine rings is 1. The molecule has 1 aromatic rings. The highest BCUT2D eigenvalue weighted by molar-refractivity contribution is 5.94. The van der Waals surface area contributed by atoms with E-state index in [2.05, 4.69) is 28.4 Å². The molecule has 3 rings (SSSR count). The fourth-order valence-electron chi connectivity index (χ4n) is 3.71. The van der Waals surface area contributed by atoms with Crippen LogP contribution < -0.4 is 4.74 Å². The van der Waals surface area contributed by atoms with Gasteiger partial charge in [0.15, 0.2) is 0 Å². The van der Waals surface area contributed by atoms with Gasteiger partial charge in [-0.1, -0.05) is 6.08 Å². The molecule has 0 bridgehead atoms. The van der Waals surface area contributed by atoms with Crippen molar-refractivity contribution >= 4 is 5.91 Å². The van der Waals surface area contributed by atoms with Gasteiger partial charge in [0.05, 0.1) is 0 Å². The number of nitrogens with zero attached hydrogens (tertiary/aromatic N) is 4. The summed E-state index contributed by atoms with van der Waals surface area (Å²) in [5, 5.41) is 0. The number of carbonyl (C=O) groups excluding carboxylic acids is 1. The van der Waals surface area contributed by atoms with Crippen molar-refractivity contribution in [2.75, 3.05) is 52.9 Å². The lowest BCUT2D eigenvalue weighted by Crippen LogP contribution is -2.47. The van der Waals surface area contributed by atoms with Gasteiger partial charge in [-0.25, -0.2) is 4.98 Å². The topological polar surface area (TPSA) is 48.9 Å². The number of carbonyl (C=O) groups is 1. The zero-order chi connectivity index (χ0) is 19.1. The van der Waals surface area contributed by atoms with Crippen LogP contribution in [0.4, 0.5) is 0 Å². The third-order valence-corrected chi connectivity index (χ3v) is 5.41. The summed E-state index contributed by atoms with van der Waals surface area (Å²) in [6.45, 7) is 10.4. The molecular weight excluding hydrogens is 340 g/mol. The Balaban J connectivity index is 1.63. The van der Waals surface area contributed by atoms with E-state index in [1.807, 2.05) is 11.0 Å². The number of hydrogen-bond acceptors (Lipinski definition) is 5. The zero-order valence-corrected chi connectivity index (χ0v) is 16.5. The minimum atomic E-state index is 0.0672. The van der Waals surface area contributed by atoms with Crippen LogP contribution in [0.1, 0.15) is 36.0 Å². The van der Waals surface area contributed by atoms with E-state index in [-0.39, 0.29) is 12.0 Å². The van der Waals surface area contributed by atoms with Crippen molar-refractivity contribution in [3.63, 3.8) is 0 Å². The fraction of sp³-hybridized carbons (Fsp3) is 0.619. The lowest BCUT2D eigenvalue weighted by atomic mass is 10.2. The highest BCUT2D eigenvalue weighted by Crippen LogP contribution is 2.18. The molecule has 148 valence electrons. The Bertz CT molecular complexity index is 622. The molecule has 6 nitrogen and oxygen atoms in total. The lowest BCUT2D eigenvalue weighted by Gasteiger charge is -2.32. The van der Waals surface area contributed by atoms with E-state index in [1.165, 1.54) is 12.8 Å². The minimum Gasteiger partial charge on any atom is -0.473 e. The molecule has 2 fully saturated rings. The molecule has 0 radical (unpaired) electrons. The summed E-state index contributed by atoms with van der Waals surface area (Å²) in [4.78, 5) is 23.8. The normalized spacial score (nSPS) is 19.8. The molecule has 0 saturated carbocycles. The standard InChI is InChI=1S/C21H32N4O2/c1-3-4-7-19(17-24-10-5-6-11-24)27-20-16-18(8-9-22-20)21(26)25-14-12-23(2)13-15-25/h3,8-9,16,19H,1,4-7,10-15,17H2,2H3/t19-/m0/s1. The Labute approximate surface area is 162 Å². The summed E-state index contributed by atoms with van der Waals surface area (Å²) in [7, 11) is 2.09. The van der Waals surface area contributed by atoms with Gasteiger partial charge in [0, 0.05) is 50.6 Å². The molecule has 0 unspecified atom stereocenters. The van der Waals surface area contributed by atoms with Crippen molar-refractivity contribution in [3.05, 3.63) is 36.5 Å². The number of amides is 1. The van der Waals surface area contributed by atoms with Crippen LogP contribution in [-0.2, 0) is 0 Å². The third kappa shape index (κ3) is 5.78. The van der Waals surface area contributed by atoms with Gasteiger partial charge in [0.25, 0.3) is 5.91 Å². The van der Waals surface area contributed by atoms with Crippen LogP contribution in [0.25, 0.3) is 0 Å². The van der Waals surface area contributed by atoms with Crippen molar-refractivity contribution in [1.29, 1.82) is 0 Å². The van der Waals surface area contributed by atoms with Crippen LogP contribution >= 0.6 is 0 Å². The van der Waals surface area contributed by atoms with Crippen LogP contribution in [0.3, 0.4) is 0 Å². The predicted octanol–water partition coefficient (Wildman–Crippen LogP) is 2.28. The molecule has 6 heteroatoms. The lowest BCUT2D eigenvalue weighted by molar-refractivity contribution is 0.0662. The molecule has 27 heavy (non-hydrogen) atoms. The van der Waals surface area contributed by atoms with Crippen molar-refractivity contribution in [2.45, 2.75) is 31.8 Å². The van der Waals surface area contributed by atoms with Crippen LogP contribution in [0.15, 0.2) is 31.0 Å². The third-order valence-electron chi connectivity index (χ3n) is 5.41. The molecule has 0 spiro atoms. The molecule has 0 N–H and O–H groups in total. The molecule has 1 amide bonds. The first-order valence-corrected chi connectivity index (χ1v) is 10.1. The van der Waals surface area contributed by atoms with Crippen LogP contribution in [0, 0.1) is 0 Å². The number of likely N-dealkylation sites (tertiary alicyclic amines) is 1. The van der Waals surface area contributed by atoms with Crippen LogP contribution in [-0.4, -0.2) is 84.6 Å². The van der Waals surface area contributed by atoms with E-state index >= 15 is 0 Å². The van der Waals surface area contributed by atoms with Gasteiger partial charge in [-0.15, -0.1) is 6.58 Å². The van der Waals surface area contributed by atoms with E-state index in [4.69, 9.17) is 4.74 Å². The molecular formula is C21H32N4O2. The van der Waals surface area contributed by atoms with E-state index < -0.39 is 0 Å². The second-order valence-electron chi connectivity index (χ2n) is 7.59. The molecule has 1 atom stereocenters. The van der Waals surface area contributed by atoms with E-state index in [0.717, 1.165) is 58.7 Å². The van der Waals surface area contributed by atoms with E-state index in [0.29, 0.717) is 11.4 Å². The maximum Gasteiger partial charge on any atom is 0.254 e. The first kappa shape index (κ1) is 19.8. The number of piperazine rings is 1. The Morgan fingerprint density at radius 2 is 2.00 bits per heavy atom. The van der Waals surface area contributed by atoms with Crippen molar-refractivity contribution in [3.8, 4) is 5.88 Å². The molecule has 2 aliphatic heterocycles. The van der Waals surface area contributed by atoms with Gasteiger partial charge < -0.3 is 14.5 Å². The minimum absolute atomic E-state index is 0.0672. The van der Waals surface area contributed by atoms with Crippen molar-refractivity contribution in [1.82, 2.24) is 19.7 Å². The summed E-state index contributed by atoms with van der Waals surface area (Å²) in [5.41, 5.74) is 0.660. The number of hydrogen-bond donors (Lipinski definition) is 0. The van der Waals surface area contributed by atoms with E-state index in [9.17, 15) is 4.79 Å². The van der Waals surface area contributed by atoms with Gasteiger partial charge in [0.2, 0.25) is 5.88 Å². The number of ether oxygens (including phenoxy) is 1. The summed E-state index contributed by atoms with van der Waals surface area (Å²) in [6, 6.07) is 3.58. The van der Waals surface area contributed by atoms with Gasteiger partial charge in [0.1, 0.15) is 6.10 Å². The number of aromatic nitrogens is 1. The summed E-state index contributed by atoms with van der Waals surface area (Å²) >= 11 is 0. The summed E-state index contributed by atoms with van der Waals surface area (Å²) in [6.07, 6.45) is 8.04. The fourth-order valence-corrected chi connectivity index (χ4v) is 3.71. The molecule has 0 aromatic carbocycles. The zero-order valence-electron chi connectivity index (χ0n) is 16.5. The second kappa shape index (κ2) is 9.85. The van der Waals surface area contributed by atoms with Crippen molar-refractivity contribution in [2.24, 2.45) is 0 Å². The molecule has 1 aromatic heterocycles. The van der Waals surface area contributed by atoms with Crippen molar-refractivity contribution < 1.29 is 9.53 Å². The second-order valence-corrected chi connectivity index (χ2v) is 7.59. The Hall–Kier alpha value is -1.92. The monoisotopic (exact) mass is 372 g/mol. The van der Waals surface area contributed by atoms with Gasteiger partial charge >= 0.3 is 0 Å². The average molecular weight is 373 g/mol. The highest BCUT2D eigenvalue weighted by Gasteiger charge is 2.22. The number of allylic oxidation sites excluding steroid dienone is 1. The molecule has 2 saturated heterocycles. The SMILES string of the molecule is C=CCC[C@@H](CN1CCCC1)Oc1cc(C(=O)N2CCN(C)CC2)ccn1. The van der Waals surface area contributed by atoms with Gasteiger partial charge in [-0.2, -0.15) is 0 Å². The van der Waals surface area contributed by atoms with Gasteiger partial charge in [-0.3, -0.25) is 9.69 Å².